The van der Waals surface area contributed by atoms with E-state index in [1.54, 1.807) is 0 Å². The van der Waals surface area contributed by atoms with Crippen molar-refractivity contribution in [2.24, 2.45) is 5.11 Å². The van der Waals surface area contributed by atoms with Crippen molar-refractivity contribution >= 4 is 0 Å². The molecule has 0 atom stereocenters. The van der Waals surface area contributed by atoms with Gasteiger partial charge in [-0.2, -0.15) is 0 Å². The van der Waals surface area contributed by atoms with Crippen molar-refractivity contribution in [1.29, 1.82) is 0 Å². The van der Waals surface area contributed by atoms with E-state index < -0.39 is 0 Å². The van der Waals surface area contributed by atoms with Gasteiger partial charge in [-0.25, -0.2) is 0 Å². The molecule has 1 rings (SSSR count). The quantitative estimate of drug-likeness (QED) is 0.411. The predicted molar refractivity (Wildman–Crippen MR) is 66.0 cm³/mol. The maximum atomic E-state index is 8.25. The fourth-order valence-electron chi connectivity index (χ4n) is 1.56. The Morgan fingerprint density at radius 3 is 2.56 bits per heavy atom. The Morgan fingerprint density at radius 2 is 2.00 bits per heavy atom. The summed E-state index contributed by atoms with van der Waals surface area (Å²) in [5.74, 6) is 0. The van der Waals surface area contributed by atoms with Crippen LogP contribution >= 0.6 is 0 Å². The third-order valence-electron chi connectivity index (χ3n) is 2.51. The van der Waals surface area contributed by atoms with Crippen molar-refractivity contribution < 1.29 is 0 Å². The average molecular weight is 218 g/mol. The molecule has 0 bridgehead atoms. The second kappa shape index (κ2) is 6.88. The largest absolute Gasteiger partial charge is 0.297 e. The van der Waals surface area contributed by atoms with Gasteiger partial charge >= 0.3 is 0 Å². The molecule has 0 saturated heterocycles. The van der Waals surface area contributed by atoms with Crippen LogP contribution < -0.4 is 0 Å². The zero-order valence-electron chi connectivity index (χ0n) is 9.87. The van der Waals surface area contributed by atoms with Crippen LogP contribution in [0.3, 0.4) is 0 Å². The number of nitrogens with zero attached hydrogens (tertiary/aromatic N) is 4. The minimum absolute atomic E-state index is 0.453. The van der Waals surface area contributed by atoms with Crippen LogP contribution in [0, 0.1) is 0 Å². The van der Waals surface area contributed by atoms with Crippen molar-refractivity contribution in [3.05, 3.63) is 46.3 Å². The van der Waals surface area contributed by atoms with E-state index >= 15 is 0 Å². The third-order valence-corrected chi connectivity index (χ3v) is 2.51. The van der Waals surface area contributed by atoms with E-state index in [0.29, 0.717) is 12.6 Å². The summed E-state index contributed by atoms with van der Waals surface area (Å²) in [6.45, 7) is 6.54. The molecular weight excluding hydrogens is 200 g/mol. The number of azide groups is 1. The molecule has 4 heteroatoms. The summed E-state index contributed by atoms with van der Waals surface area (Å²) in [6.07, 6.45) is 0. The molecule has 0 saturated carbocycles. The lowest BCUT2D eigenvalue weighted by Crippen LogP contribution is -2.32. The highest BCUT2D eigenvalue weighted by atomic mass is 15.2. The van der Waals surface area contributed by atoms with Crippen LogP contribution in [0.15, 0.2) is 35.4 Å². The first-order valence-electron chi connectivity index (χ1n) is 5.53. The minimum Gasteiger partial charge on any atom is -0.297 e. The van der Waals surface area contributed by atoms with Gasteiger partial charge in [0.25, 0.3) is 0 Å². The molecule has 0 aliphatic rings. The summed E-state index contributed by atoms with van der Waals surface area (Å²) in [7, 11) is 0. The summed E-state index contributed by atoms with van der Waals surface area (Å²) in [6, 6.07) is 10.8. The van der Waals surface area contributed by atoms with Gasteiger partial charge in [0.15, 0.2) is 0 Å². The van der Waals surface area contributed by atoms with E-state index in [4.69, 9.17) is 5.53 Å². The maximum absolute atomic E-state index is 8.25. The lowest BCUT2D eigenvalue weighted by molar-refractivity contribution is 0.219. The fourth-order valence-corrected chi connectivity index (χ4v) is 1.56. The average Bonchev–Trinajstić information content (AvgIpc) is 2.29. The molecule has 0 heterocycles. The molecule has 16 heavy (non-hydrogen) atoms. The minimum atomic E-state index is 0.453. The molecule has 0 aliphatic heterocycles. The van der Waals surface area contributed by atoms with E-state index in [-0.39, 0.29) is 0 Å². The molecule has 86 valence electrons. The molecule has 0 aromatic heterocycles. The molecule has 0 radical (unpaired) electrons. The molecule has 0 unspecified atom stereocenters. The number of hydrogen-bond acceptors (Lipinski definition) is 2. The smallest absolute Gasteiger partial charge is 0.0386 e. The van der Waals surface area contributed by atoms with Crippen molar-refractivity contribution in [2.45, 2.75) is 26.4 Å². The van der Waals surface area contributed by atoms with Gasteiger partial charge in [0.2, 0.25) is 0 Å². The zero-order valence-corrected chi connectivity index (χ0v) is 9.87. The van der Waals surface area contributed by atoms with E-state index in [1.165, 1.54) is 5.56 Å². The zero-order chi connectivity index (χ0) is 11.8. The molecule has 4 nitrogen and oxygen atoms in total. The Kier molecular flexibility index (Phi) is 5.40. The fraction of sp³-hybridized carbons (Fsp3) is 0.500. The summed E-state index contributed by atoms with van der Waals surface area (Å²) < 4.78 is 0. The van der Waals surface area contributed by atoms with Crippen LogP contribution in [0.4, 0.5) is 0 Å². The topological polar surface area (TPSA) is 52.0 Å². The van der Waals surface area contributed by atoms with Gasteiger partial charge in [-0.1, -0.05) is 35.4 Å². The normalized spacial score (nSPS) is 10.5. The molecular formula is C12H18N4. The van der Waals surface area contributed by atoms with E-state index in [9.17, 15) is 0 Å². The first kappa shape index (κ1) is 12.6. The van der Waals surface area contributed by atoms with E-state index in [0.717, 1.165) is 13.1 Å². The first-order valence-corrected chi connectivity index (χ1v) is 5.53. The molecule has 0 amide bonds. The highest BCUT2D eigenvalue weighted by molar-refractivity contribution is 5.14. The monoisotopic (exact) mass is 218 g/mol. The maximum Gasteiger partial charge on any atom is 0.0386 e. The highest BCUT2D eigenvalue weighted by Crippen LogP contribution is 2.07. The second-order valence-corrected chi connectivity index (χ2v) is 4.00. The standard InChI is InChI=1S/C12H18N4/c1-11(2)16(9-8-14-15-13)10-12-6-4-3-5-7-12/h3-7,11H,8-10H2,1-2H3. The Morgan fingerprint density at radius 1 is 1.31 bits per heavy atom. The van der Waals surface area contributed by atoms with Gasteiger partial charge in [-0.05, 0) is 24.9 Å². The van der Waals surface area contributed by atoms with Crippen LogP contribution in [0.25, 0.3) is 10.4 Å². The van der Waals surface area contributed by atoms with Crippen LogP contribution in [-0.4, -0.2) is 24.0 Å². The molecule has 1 aromatic carbocycles. The van der Waals surface area contributed by atoms with Crippen LogP contribution in [-0.2, 0) is 6.54 Å². The molecule has 0 N–H and O–H groups in total. The van der Waals surface area contributed by atoms with Crippen LogP contribution in [0.2, 0.25) is 0 Å². The van der Waals surface area contributed by atoms with E-state index in [1.807, 2.05) is 18.2 Å². The molecule has 0 aliphatic carbocycles. The third kappa shape index (κ3) is 4.34. The lowest BCUT2D eigenvalue weighted by atomic mass is 10.2. The second-order valence-electron chi connectivity index (χ2n) is 4.00. The number of hydrogen-bond donors (Lipinski definition) is 0. The Hall–Kier alpha value is -1.51. The molecule has 0 spiro atoms. The van der Waals surface area contributed by atoms with Crippen molar-refractivity contribution in [3.63, 3.8) is 0 Å². The summed E-state index contributed by atoms with van der Waals surface area (Å²) in [4.78, 5) is 5.07. The summed E-state index contributed by atoms with van der Waals surface area (Å²) in [5, 5.41) is 3.57. The van der Waals surface area contributed by atoms with Gasteiger partial charge in [-0.15, -0.1) is 0 Å². The predicted octanol–water partition coefficient (Wildman–Crippen LogP) is 3.21. The highest BCUT2D eigenvalue weighted by Gasteiger charge is 2.08. The van der Waals surface area contributed by atoms with Gasteiger partial charge in [0.1, 0.15) is 0 Å². The van der Waals surface area contributed by atoms with Crippen molar-refractivity contribution in [1.82, 2.24) is 4.90 Å². The lowest BCUT2D eigenvalue weighted by Gasteiger charge is -2.25. The Labute approximate surface area is 96.5 Å². The van der Waals surface area contributed by atoms with Crippen molar-refractivity contribution in [3.8, 4) is 0 Å². The van der Waals surface area contributed by atoms with E-state index in [2.05, 4.69) is 40.9 Å². The summed E-state index contributed by atoms with van der Waals surface area (Å²) >= 11 is 0. The van der Waals surface area contributed by atoms with Gasteiger partial charge < -0.3 is 0 Å². The Bertz CT molecular complexity index is 341. The Balaban J connectivity index is 2.54. The summed E-state index contributed by atoms with van der Waals surface area (Å²) in [5.41, 5.74) is 9.54. The van der Waals surface area contributed by atoms with Gasteiger partial charge in [0.05, 0.1) is 0 Å². The van der Waals surface area contributed by atoms with Crippen LogP contribution in [0.1, 0.15) is 19.4 Å². The number of rotatable bonds is 6. The van der Waals surface area contributed by atoms with Crippen molar-refractivity contribution in [2.75, 3.05) is 13.1 Å². The SMILES string of the molecule is CC(C)N(CCN=[N+]=[N-])Cc1ccccc1. The van der Waals surface area contributed by atoms with Crippen LogP contribution in [0.5, 0.6) is 0 Å². The van der Waals surface area contributed by atoms with Gasteiger partial charge in [-0.3, -0.25) is 4.90 Å². The molecule has 1 aromatic rings. The van der Waals surface area contributed by atoms with Gasteiger partial charge in [0, 0.05) is 30.6 Å². The molecule has 0 fully saturated rings. The first-order chi connectivity index (χ1) is 7.74. The number of benzene rings is 1.